The van der Waals surface area contributed by atoms with E-state index >= 15 is 0 Å². The third-order valence-corrected chi connectivity index (χ3v) is 3.61. The molecule has 0 aliphatic rings. The maximum absolute atomic E-state index is 5.78. The number of hydrogen-bond donors (Lipinski definition) is 0. The number of ether oxygens (including phenoxy) is 1. The van der Waals surface area contributed by atoms with Crippen molar-refractivity contribution in [2.75, 3.05) is 31.7 Å². The standard InChI is InChI=1S/C18H24N2O/c1-15-7-9-17(10-8-15)20(3)12-13-21-14-16(2)18-6-4-5-11-19-18/h4-11,16H,12-14H2,1-3H3. The van der Waals surface area contributed by atoms with Gasteiger partial charge in [-0.1, -0.05) is 30.7 Å². The second kappa shape index (κ2) is 7.79. The number of aromatic nitrogens is 1. The monoisotopic (exact) mass is 284 g/mol. The second-order valence-electron chi connectivity index (χ2n) is 5.49. The topological polar surface area (TPSA) is 25.4 Å². The van der Waals surface area contributed by atoms with E-state index in [1.54, 1.807) is 0 Å². The van der Waals surface area contributed by atoms with Crippen LogP contribution in [-0.2, 0) is 4.74 Å². The van der Waals surface area contributed by atoms with Gasteiger partial charge in [0.25, 0.3) is 0 Å². The number of hydrogen-bond acceptors (Lipinski definition) is 3. The highest BCUT2D eigenvalue weighted by Gasteiger charge is 2.07. The summed E-state index contributed by atoms with van der Waals surface area (Å²) < 4.78 is 5.78. The van der Waals surface area contributed by atoms with Gasteiger partial charge in [-0.05, 0) is 31.2 Å². The van der Waals surface area contributed by atoms with Crippen LogP contribution in [0.2, 0.25) is 0 Å². The highest BCUT2D eigenvalue weighted by molar-refractivity contribution is 5.46. The molecule has 0 radical (unpaired) electrons. The molecule has 3 heteroatoms. The molecule has 1 aromatic carbocycles. The van der Waals surface area contributed by atoms with Gasteiger partial charge < -0.3 is 9.64 Å². The molecule has 0 spiro atoms. The summed E-state index contributed by atoms with van der Waals surface area (Å²) in [7, 11) is 2.09. The van der Waals surface area contributed by atoms with Crippen molar-refractivity contribution < 1.29 is 4.74 Å². The minimum absolute atomic E-state index is 0.330. The van der Waals surface area contributed by atoms with E-state index in [9.17, 15) is 0 Å². The van der Waals surface area contributed by atoms with E-state index in [2.05, 4.69) is 55.0 Å². The Labute approximate surface area is 127 Å². The Morgan fingerprint density at radius 3 is 2.57 bits per heavy atom. The van der Waals surface area contributed by atoms with Crippen molar-refractivity contribution in [1.82, 2.24) is 4.98 Å². The van der Waals surface area contributed by atoms with Crippen LogP contribution in [0.1, 0.15) is 24.1 Å². The Kier molecular flexibility index (Phi) is 5.76. The number of pyridine rings is 1. The summed E-state index contributed by atoms with van der Waals surface area (Å²) in [6.07, 6.45) is 1.83. The summed E-state index contributed by atoms with van der Waals surface area (Å²) in [4.78, 5) is 6.57. The van der Waals surface area contributed by atoms with Gasteiger partial charge in [0, 0.05) is 37.1 Å². The van der Waals surface area contributed by atoms with Crippen molar-refractivity contribution in [3.05, 3.63) is 59.9 Å². The van der Waals surface area contributed by atoms with Gasteiger partial charge in [0.05, 0.1) is 13.2 Å². The fourth-order valence-electron chi connectivity index (χ4n) is 2.14. The van der Waals surface area contributed by atoms with E-state index in [1.165, 1.54) is 11.3 Å². The molecule has 0 aliphatic heterocycles. The number of benzene rings is 1. The van der Waals surface area contributed by atoms with Gasteiger partial charge >= 0.3 is 0 Å². The van der Waals surface area contributed by atoms with Crippen LogP contribution in [-0.4, -0.2) is 31.8 Å². The molecular weight excluding hydrogens is 260 g/mol. The fraction of sp³-hybridized carbons (Fsp3) is 0.389. The van der Waals surface area contributed by atoms with Crippen molar-refractivity contribution in [3.8, 4) is 0 Å². The van der Waals surface area contributed by atoms with Gasteiger partial charge in [0.15, 0.2) is 0 Å². The third-order valence-electron chi connectivity index (χ3n) is 3.61. The van der Waals surface area contributed by atoms with E-state index in [0.717, 1.165) is 18.8 Å². The summed E-state index contributed by atoms with van der Waals surface area (Å²) in [5, 5.41) is 0. The number of likely N-dealkylation sites (N-methyl/N-ethyl adjacent to an activating group) is 1. The van der Waals surface area contributed by atoms with Crippen molar-refractivity contribution in [2.45, 2.75) is 19.8 Å². The van der Waals surface area contributed by atoms with Gasteiger partial charge in [-0.3, -0.25) is 4.98 Å². The predicted molar refractivity (Wildman–Crippen MR) is 87.9 cm³/mol. The lowest BCUT2D eigenvalue weighted by Crippen LogP contribution is -2.23. The average molecular weight is 284 g/mol. The van der Waals surface area contributed by atoms with Crippen LogP contribution in [0.4, 0.5) is 5.69 Å². The molecule has 1 unspecified atom stereocenters. The predicted octanol–water partition coefficient (Wildman–Crippen LogP) is 3.65. The van der Waals surface area contributed by atoms with Crippen LogP contribution in [0, 0.1) is 6.92 Å². The number of rotatable bonds is 7. The molecule has 0 bridgehead atoms. The Bertz CT molecular complexity index is 525. The normalized spacial score (nSPS) is 12.1. The molecule has 2 aromatic rings. The molecule has 0 aliphatic carbocycles. The number of nitrogens with zero attached hydrogens (tertiary/aromatic N) is 2. The Morgan fingerprint density at radius 2 is 1.90 bits per heavy atom. The van der Waals surface area contributed by atoms with Crippen LogP contribution < -0.4 is 4.90 Å². The van der Waals surface area contributed by atoms with E-state index in [4.69, 9.17) is 4.74 Å². The van der Waals surface area contributed by atoms with Gasteiger partial charge in [-0.25, -0.2) is 0 Å². The van der Waals surface area contributed by atoms with Gasteiger partial charge in [0.2, 0.25) is 0 Å². The summed E-state index contributed by atoms with van der Waals surface area (Å²) in [5.74, 6) is 0.330. The minimum atomic E-state index is 0.330. The molecular formula is C18H24N2O. The van der Waals surface area contributed by atoms with Crippen molar-refractivity contribution in [1.29, 1.82) is 0 Å². The quantitative estimate of drug-likeness (QED) is 0.726. The SMILES string of the molecule is Cc1ccc(N(C)CCOCC(C)c2ccccn2)cc1. The van der Waals surface area contributed by atoms with E-state index < -0.39 is 0 Å². The fourth-order valence-corrected chi connectivity index (χ4v) is 2.14. The summed E-state index contributed by atoms with van der Waals surface area (Å²) in [6, 6.07) is 14.6. The zero-order valence-corrected chi connectivity index (χ0v) is 13.1. The molecule has 0 amide bonds. The molecule has 112 valence electrons. The first-order valence-corrected chi connectivity index (χ1v) is 7.43. The molecule has 0 fully saturated rings. The zero-order chi connectivity index (χ0) is 15.1. The maximum Gasteiger partial charge on any atom is 0.0641 e. The van der Waals surface area contributed by atoms with Crippen molar-refractivity contribution in [3.63, 3.8) is 0 Å². The van der Waals surface area contributed by atoms with Gasteiger partial charge in [-0.2, -0.15) is 0 Å². The van der Waals surface area contributed by atoms with Crippen LogP contribution in [0.25, 0.3) is 0 Å². The Morgan fingerprint density at radius 1 is 1.14 bits per heavy atom. The van der Waals surface area contributed by atoms with Crippen LogP contribution in [0.15, 0.2) is 48.7 Å². The molecule has 1 aromatic heterocycles. The molecule has 0 saturated carbocycles. The van der Waals surface area contributed by atoms with E-state index in [1.807, 2.05) is 24.4 Å². The average Bonchev–Trinajstić information content (AvgIpc) is 2.52. The molecule has 3 nitrogen and oxygen atoms in total. The summed E-state index contributed by atoms with van der Waals surface area (Å²) >= 11 is 0. The lowest BCUT2D eigenvalue weighted by molar-refractivity contribution is 0.129. The van der Waals surface area contributed by atoms with Gasteiger partial charge in [-0.15, -0.1) is 0 Å². The molecule has 1 heterocycles. The highest BCUT2D eigenvalue weighted by atomic mass is 16.5. The second-order valence-corrected chi connectivity index (χ2v) is 5.49. The molecule has 0 saturated heterocycles. The first kappa shape index (κ1) is 15.5. The van der Waals surface area contributed by atoms with Crippen LogP contribution >= 0.6 is 0 Å². The first-order valence-electron chi connectivity index (χ1n) is 7.43. The lowest BCUT2D eigenvalue weighted by Gasteiger charge is -2.20. The lowest BCUT2D eigenvalue weighted by atomic mass is 10.1. The minimum Gasteiger partial charge on any atom is -0.379 e. The van der Waals surface area contributed by atoms with Crippen LogP contribution in [0.5, 0.6) is 0 Å². The zero-order valence-electron chi connectivity index (χ0n) is 13.1. The van der Waals surface area contributed by atoms with Crippen molar-refractivity contribution >= 4 is 5.69 Å². The Balaban J connectivity index is 1.71. The first-order chi connectivity index (χ1) is 10.2. The molecule has 0 N–H and O–H groups in total. The Hall–Kier alpha value is -1.87. The molecule has 1 atom stereocenters. The number of aryl methyl sites for hydroxylation is 1. The van der Waals surface area contributed by atoms with E-state index in [0.29, 0.717) is 12.5 Å². The van der Waals surface area contributed by atoms with Crippen molar-refractivity contribution in [2.24, 2.45) is 0 Å². The largest absolute Gasteiger partial charge is 0.379 e. The summed E-state index contributed by atoms with van der Waals surface area (Å²) in [5.41, 5.74) is 3.60. The van der Waals surface area contributed by atoms with Gasteiger partial charge in [0.1, 0.15) is 0 Å². The third kappa shape index (κ3) is 4.87. The molecule has 21 heavy (non-hydrogen) atoms. The maximum atomic E-state index is 5.78. The smallest absolute Gasteiger partial charge is 0.0641 e. The highest BCUT2D eigenvalue weighted by Crippen LogP contribution is 2.14. The van der Waals surface area contributed by atoms with Crippen LogP contribution in [0.3, 0.4) is 0 Å². The summed E-state index contributed by atoms with van der Waals surface area (Å²) in [6.45, 7) is 6.57. The molecule has 2 rings (SSSR count). The number of anilines is 1. The van der Waals surface area contributed by atoms with E-state index in [-0.39, 0.29) is 0 Å².